The number of benzene rings is 2. The zero-order chi connectivity index (χ0) is 20.5. The molecule has 1 atom stereocenters. The van der Waals surface area contributed by atoms with Crippen molar-refractivity contribution < 1.29 is 35.8 Å². The number of sulfonamides is 1. The van der Waals surface area contributed by atoms with Gasteiger partial charge in [-0.05, 0) is 42.7 Å². The topological polar surface area (TPSA) is 66.8 Å². The second kappa shape index (κ2) is 7.69. The van der Waals surface area contributed by atoms with E-state index in [1.807, 2.05) is 0 Å². The molecule has 10 heteroatoms. The molecular formula is C18H17F4NO4S. The van der Waals surface area contributed by atoms with Crippen LogP contribution in [0.3, 0.4) is 0 Å². The van der Waals surface area contributed by atoms with Crippen molar-refractivity contribution in [1.82, 2.24) is 4.31 Å². The Balaban J connectivity index is 1.85. The van der Waals surface area contributed by atoms with E-state index in [4.69, 9.17) is 0 Å². The number of nitrogens with zero attached hydrogens (tertiary/aromatic N) is 1. The molecule has 0 aliphatic heterocycles. The molecule has 1 saturated carbocycles. The van der Waals surface area contributed by atoms with E-state index >= 15 is 0 Å². The van der Waals surface area contributed by atoms with E-state index in [1.165, 1.54) is 12.1 Å². The highest BCUT2D eigenvalue weighted by Crippen LogP contribution is 2.35. The summed E-state index contributed by atoms with van der Waals surface area (Å²) in [6, 6.07) is 8.73. The van der Waals surface area contributed by atoms with E-state index in [2.05, 4.69) is 4.74 Å². The number of hydrogen-bond acceptors (Lipinski definition) is 4. The van der Waals surface area contributed by atoms with Gasteiger partial charge in [0.15, 0.2) is 0 Å². The molecule has 0 radical (unpaired) electrons. The van der Waals surface area contributed by atoms with Crippen molar-refractivity contribution in [3.63, 3.8) is 0 Å². The maximum atomic E-state index is 13.0. The monoisotopic (exact) mass is 419 g/mol. The highest BCUT2D eigenvalue weighted by molar-refractivity contribution is 7.89. The molecule has 0 spiro atoms. The molecule has 0 unspecified atom stereocenters. The number of hydrogen-bond donors (Lipinski definition) is 1. The van der Waals surface area contributed by atoms with Crippen LogP contribution in [0.25, 0.3) is 0 Å². The Hall–Kier alpha value is -2.17. The molecule has 0 bridgehead atoms. The van der Waals surface area contributed by atoms with E-state index in [1.54, 1.807) is 0 Å². The second-order valence-electron chi connectivity index (χ2n) is 6.40. The summed E-state index contributed by atoms with van der Waals surface area (Å²) in [7, 11) is -4.18. The Kier molecular flexibility index (Phi) is 5.64. The summed E-state index contributed by atoms with van der Waals surface area (Å²) in [6.45, 7) is -0.303. The van der Waals surface area contributed by atoms with E-state index in [0.29, 0.717) is 18.4 Å². The van der Waals surface area contributed by atoms with Crippen LogP contribution in [0.15, 0.2) is 53.4 Å². The van der Waals surface area contributed by atoms with Crippen molar-refractivity contribution in [3.8, 4) is 5.75 Å². The third-order valence-corrected chi connectivity index (χ3v) is 6.12. The minimum atomic E-state index is -4.95. The van der Waals surface area contributed by atoms with Gasteiger partial charge < -0.3 is 9.84 Å². The summed E-state index contributed by atoms with van der Waals surface area (Å²) in [4.78, 5) is -0.368. The molecule has 3 rings (SSSR count). The molecule has 1 fully saturated rings. The average Bonchev–Trinajstić information content (AvgIpc) is 3.43. The van der Waals surface area contributed by atoms with Crippen LogP contribution in [-0.4, -0.2) is 36.8 Å². The van der Waals surface area contributed by atoms with Gasteiger partial charge in [-0.1, -0.05) is 18.2 Å². The summed E-state index contributed by atoms with van der Waals surface area (Å²) in [5, 5.41) is 10.4. The first kappa shape index (κ1) is 20.6. The lowest BCUT2D eigenvalue weighted by molar-refractivity contribution is -0.274. The van der Waals surface area contributed by atoms with E-state index in [9.17, 15) is 31.1 Å². The summed E-state index contributed by atoms with van der Waals surface area (Å²) >= 11 is 0. The number of rotatable bonds is 7. The third kappa shape index (κ3) is 5.00. The SMILES string of the molecule is O=S(=O)(c1cccc(OC(F)(F)F)c1)N(C[C@@H](O)c1ccc(F)cc1)C1CC1. The lowest BCUT2D eigenvalue weighted by atomic mass is 10.1. The molecule has 5 nitrogen and oxygen atoms in total. The first-order valence-corrected chi connectivity index (χ1v) is 9.81. The van der Waals surface area contributed by atoms with E-state index in [0.717, 1.165) is 40.7 Å². The molecular weight excluding hydrogens is 402 g/mol. The van der Waals surface area contributed by atoms with Gasteiger partial charge in [0.05, 0.1) is 11.0 Å². The van der Waals surface area contributed by atoms with Crippen molar-refractivity contribution in [3.05, 3.63) is 59.9 Å². The Bertz CT molecular complexity index is 927. The number of alkyl halides is 3. The molecule has 0 amide bonds. The van der Waals surface area contributed by atoms with Crippen LogP contribution < -0.4 is 4.74 Å². The largest absolute Gasteiger partial charge is 0.573 e. The van der Waals surface area contributed by atoms with Crippen molar-refractivity contribution in [2.24, 2.45) is 0 Å². The van der Waals surface area contributed by atoms with Crippen LogP contribution >= 0.6 is 0 Å². The van der Waals surface area contributed by atoms with Crippen molar-refractivity contribution in [2.45, 2.75) is 36.2 Å². The summed E-state index contributed by atoms with van der Waals surface area (Å²) in [6.07, 6.45) is -5.01. The van der Waals surface area contributed by atoms with Crippen molar-refractivity contribution in [1.29, 1.82) is 0 Å². The highest BCUT2D eigenvalue weighted by atomic mass is 32.2. The van der Waals surface area contributed by atoms with Gasteiger partial charge in [-0.15, -0.1) is 13.2 Å². The summed E-state index contributed by atoms with van der Waals surface area (Å²) in [5.41, 5.74) is 0.330. The van der Waals surface area contributed by atoms with Crippen LogP contribution in [0.4, 0.5) is 17.6 Å². The first-order valence-electron chi connectivity index (χ1n) is 8.37. The number of aliphatic hydroxyl groups excluding tert-OH is 1. The lowest BCUT2D eigenvalue weighted by Crippen LogP contribution is -2.36. The maximum Gasteiger partial charge on any atom is 0.573 e. The van der Waals surface area contributed by atoms with Crippen LogP contribution in [0.1, 0.15) is 24.5 Å². The molecule has 2 aromatic rings. The zero-order valence-electron chi connectivity index (χ0n) is 14.4. The average molecular weight is 419 g/mol. The standard InChI is InChI=1S/C18H17F4NO4S/c19-13-6-4-12(5-7-13)17(24)11-23(14-8-9-14)28(25,26)16-3-1-2-15(10-16)27-18(20,21)22/h1-7,10,14,17,24H,8-9,11H2/t17-/m1/s1. The normalized spacial score (nSPS) is 16.2. The third-order valence-electron chi connectivity index (χ3n) is 4.21. The van der Waals surface area contributed by atoms with Gasteiger partial charge in [-0.3, -0.25) is 0 Å². The lowest BCUT2D eigenvalue weighted by Gasteiger charge is -2.25. The maximum absolute atomic E-state index is 13.0. The van der Waals surface area contributed by atoms with Crippen molar-refractivity contribution in [2.75, 3.05) is 6.54 Å². The fourth-order valence-electron chi connectivity index (χ4n) is 2.73. The fourth-order valence-corrected chi connectivity index (χ4v) is 4.46. The highest BCUT2D eigenvalue weighted by Gasteiger charge is 2.40. The molecule has 0 heterocycles. The molecule has 28 heavy (non-hydrogen) atoms. The van der Waals surface area contributed by atoms with Gasteiger partial charge in [0, 0.05) is 18.7 Å². The van der Waals surface area contributed by atoms with Gasteiger partial charge >= 0.3 is 6.36 Å². The van der Waals surface area contributed by atoms with E-state index in [-0.39, 0.29) is 17.5 Å². The van der Waals surface area contributed by atoms with Gasteiger partial charge in [0.25, 0.3) is 0 Å². The predicted molar refractivity (Wildman–Crippen MR) is 91.4 cm³/mol. The Morgan fingerprint density at radius 3 is 2.36 bits per heavy atom. The van der Waals surface area contributed by atoms with E-state index < -0.39 is 34.1 Å². The minimum absolute atomic E-state index is 0.303. The van der Waals surface area contributed by atoms with Crippen LogP contribution in [0.5, 0.6) is 5.75 Å². The molecule has 1 aliphatic rings. The number of halogens is 4. The minimum Gasteiger partial charge on any atom is -0.406 e. The molecule has 152 valence electrons. The van der Waals surface area contributed by atoms with Crippen LogP contribution in [0, 0.1) is 5.82 Å². The van der Waals surface area contributed by atoms with Gasteiger partial charge in [0.1, 0.15) is 11.6 Å². The first-order chi connectivity index (χ1) is 13.1. The van der Waals surface area contributed by atoms with Gasteiger partial charge in [0.2, 0.25) is 10.0 Å². The Morgan fingerprint density at radius 1 is 1.14 bits per heavy atom. The van der Waals surface area contributed by atoms with Gasteiger partial charge in [-0.25, -0.2) is 12.8 Å². The van der Waals surface area contributed by atoms with Crippen LogP contribution in [-0.2, 0) is 10.0 Å². The number of aliphatic hydroxyl groups is 1. The number of ether oxygens (including phenoxy) is 1. The quantitative estimate of drug-likeness (QED) is 0.697. The van der Waals surface area contributed by atoms with Crippen molar-refractivity contribution >= 4 is 10.0 Å². The summed E-state index contributed by atoms with van der Waals surface area (Å²) < 4.78 is 81.1. The second-order valence-corrected chi connectivity index (χ2v) is 8.29. The Morgan fingerprint density at radius 2 is 1.79 bits per heavy atom. The zero-order valence-corrected chi connectivity index (χ0v) is 15.3. The van der Waals surface area contributed by atoms with Crippen LogP contribution in [0.2, 0.25) is 0 Å². The smallest absolute Gasteiger partial charge is 0.406 e. The molecule has 1 N–H and O–H groups in total. The summed E-state index contributed by atoms with van der Waals surface area (Å²) in [5.74, 6) is -1.15. The Labute approximate surface area is 159 Å². The fraction of sp³-hybridized carbons (Fsp3) is 0.333. The van der Waals surface area contributed by atoms with Gasteiger partial charge in [-0.2, -0.15) is 4.31 Å². The predicted octanol–water partition coefficient (Wildman–Crippen LogP) is 3.61. The molecule has 0 aromatic heterocycles. The molecule has 1 aliphatic carbocycles. The molecule has 0 saturated heterocycles. The molecule has 2 aromatic carbocycles.